The van der Waals surface area contributed by atoms with Crippen molar-refractivity contribution in [1.82, 2.24) is 9.97 Å². The number of hydrogen-bond donors (Lipinski definition) is 3. The molecule has 0 aromatic carbocycles. The first-order valence-electron chi connectivity index (χ1n) is 7.63. The molecule has 0 atom stereocenters. The summed E-state index contributed by atoms with van der Waals surface area (Å²) < 4.78 is 0. The van der Waals surface area contributed by atoms with Crippen molar-refractivity contribution in [2.45, 2.75) is 56.8 Å². The van der Waals surface area contributed by atoms with Crippen LogP contribution in [0.2, 0.25) is 0 Å². The number of nitrogens with one attached hydrogen (secondary N) is 1. The highest BCUT2D eigenvalue weighted by atomic mass is 32.1. The van der Waals surface area contributed by atoms with Crippen LogP contribution in [0, 0.1) is 0 Å². The van der Waals surface area contributed by atoms with Gasteiger partial charge in [0.05, 0.1) is 10.3 Å². The van der Waals surface area contributed by atoms with Gasteiger partial charge in [-0.05, 0) is 24.8 Å². The Hall–Kier alpha value is -1.24. The van der Waals surface area contributed by atoms with E-state index in [2.05, 4.69) is 15.3 Å². The number of thiophene rings is 1. The Labute approximate surface area is 127 Å². The molecule has 0 radical (unpaired) electrons. The van der Waals surface area contributed by atoms with Crippen LogP contribution >= 0.6 is 11.3 Å². The van der Waals surface area contributed by atoms with Crippen molar-refractivity contribution in [1.29, 1.82) is 0 Å². The Balaban J connectivity index is 1.76. The summed E-state index contributed by atoms with van der Waals surface area (Å²) in [5.41, 5.74) is 1.01. The standard InChI is InChI=1S/C15H19N3O2S/c19-15(20)7-6-10-11-13(18-9-4-2-1-3-5-9)16-8-17-14(11)21-12(10)15/h8-9,19-20H,1-7H2,(H,16,17,18). The number of anilines is 1. The molecule has 0 bridgehead atoms. The third kappa shape index (κ3) is 2.22. The molecular weight excluding hydrogens is 286 g/mol. The zero-order valence-corrected chi connectivity index (χ0v) is 12.6. The zero-order valence-electron chi connectivity index (χ0n) is 11.8. The monoisotopic (exact) mass is 305 g/mol. The van der Waals surface area contributed by atoms with Crippen LogP contribution in [0.5, 0.6) is 0 Å². The normalized spacial score (nSPS) is 21.6. The number of hydrogen-bond acceptors (Lipinski definition) is 6. The molecule has 2 aliphatic rings. The number of nitrogens with zero attached hydrogens (tertiary/aromatic N) is 2. The maximum atomic E-state index is 10.1. The lowest BCUT2D eigenvalue weighted by molar-refractivity contribution is -0.163. The molecule has 0 saturated heterocycles. The predicted octanol–water partition coefficient (Wildman–Crippen LogP) is 2.52. The average Bonchev–Trinajstić information content (AvgIpc) is 2.99. The first kappa shape index (κ1) is 13.4. The summed E-state index contributed by atoms with van der Waals surface area (Å²) in [6.45, 7) is 0. The lowest BCUT2D eigenvalue weighted by Gasteiger charge is -2.23. The number of aromatic nitrogens is 2. The first-order chi connectivity index (χ1) is 10.1. The van der Waals surface area contributed by atoms with Gasteiger partial charge < -0.3 is 15.5 Å². The van der Waals surface area contributed by atoms with Crippen LogP contribution in [0.3, 0.4) is 0 Å². The Morgan fingerprint density at radius 3 is 2.81 bits per heavy atom. The molecule has 0 spiro atoms. The third-order valence-corrected chi connectivity index (χ3v) is 5.90. The van der Waals surface area contributed by atoms with Gasteiger partial charge >= 0.3 is 0 Å². The SMILES string of the molecule is OC1(O)CCc2c1sc1ncnc(NC3CCCCC3)c21. The van der Waals surface area contributed by atoms with Gasteiger partial charge in [0.15, 0.2) is 5.79 Å². The quantitative estimate of drug-likeness (QED) is 0.743. The van der Waals surface area contributed by atoms with Crippen molar-refractivity contribution >= 4 is 27.4 Å². The molecule has 4 rings (SSSR count). The van der Waals surface area contributed by atoms with E-state index in [9.17, 15) is 10.2 Å². The lowest BCUT2D eigenvalue weighted by atomic mass is 9.95. The van der Waals surface area contributed by atoms with Crippen molar-refractivity contribution in [2.75, 3.05) is 5.32 Å². The second-order valence-electron chi connectivity index (χ2n) is 6.11. The van der Waals surface area contributed by atoms with E-state index in [1.165, 1.54) is 43.4 Å². The van der Waals surface area contributed by atoms with E-state index in [1.807, 2.05) is 0 Å². The summed E-state index contributed by atoms with van der Waals surface area (Å²) in [6.07, 6.45) is 8.83. The molecule has 0 amide bonds. The molecule has 3 N–H and O–H groups in total. The molecule has 2 aliphatic carbocycles. The molecule has 6 heteroatoms. The summed E-state index contributed by atoms with van der Waals surface area (Å²) in [4.78, 5) is 10.2. The molecular formula is C15H19N3O2S. The third-order valence-electron chi connectivity index (χ3n) is 4.62. The summed E-state index contributed by atoms with van der Waals surface area (Å²) in [6, 6.07) is 0.474. The highest BCUT2D eigenvalue weighted by molar-refractivity contribution is 7.19. The van der Waals surface area contributed by atoms with Crippen LogP contribution in [0.15, 0.2) is 6.33 Å². The fraction of sp³-hybridized carbons (Fsp3) is 0.600. The molecule has 2 aromatic heterocycles. The van der Waals surface area contributed by atoms with E-state index in [-0.39, 0.29) is 0 Å². The zero-order chi connectivity index (χ0) is 14.4. The second kappa shape index (κ2) is 4.90. The van der Waals surface area contributed by atoms with Gasteiger partial charge in [0.2, 0.25) is 0 Å². The van der Waals surface area contributed by atoms with Crippen molar-refractivity contribution in [3.63, 3.8) is 0 Å². The molecule has 0 aliphatic heterocycles. The van der Waals surface area contributed by atoms with Crippen LogP contribution < -0.4 is 5.32 Å². The Morgan fingerprint density at radius 1 is 1.19 bits per heavy atom. The molecule has 2 heterocycles. The smallest absolute Gasteiger partial charge is 0.199 e. The number of aliphatic hydroxyl groups is 2. The average molecular weight is 305 g/mol. The van der Waals surface area contributed by atoms with E-state index < -0.39 is 5.79 Å². The minimum atomic E-state index is -1.69. The topological polar surface area (TPSA) is 78.3 Å². The van der Waals surface area contributed by atoms with Gasteiger partial charge in [0.25, 0.3) is 0 Å². The van der Waals surface area contributed by atoms with Crippen molar-refractivity contribution in [3.05, 3.63) is 16.8 Å². The summed E-state index contributed by atoms with van der Waals surface area (Å²) >= 11 is 1.38. The van der Waals surface area contributed by atoms with Crippen molar-refractivity contribution < 1.29 is 10.2 Å². The first-order valence-corrected chi connectivity index (χ1v) is 8.45. The van der Waals surface area contributed by atoms with Gasteiger partial charge in [0, 0.05) is 12.5 Å². The van der Waals surface area contributed by atoms with Crippen LogP contribution in [0.4, 0.5) is 5.82 Å². The summed E-state index contributed by atoms with van der Waals surface area (Å²) in [5.74, 6) is -0.829. The van der Waals surface area contributed by atoms with Crippen LogP contribution in [0.1, 0.15) is 49.0 Å². The Morgan fingerprint density at radius 2 is 2.00 bits per heavy atom. The van der Waals surface area contributed by atoms with E-state index in [0.717, 1.165) is 21.6 Å². The molecule has 5 nitrogen and oxygen atoms in total. The van der Waals surface area contributed by atoms with Gasteiger partial charge in [-0.25, -0.2) is 9.97 Å². The van der Waals surface area contributed by atoms with E-state index in [0.29, 0.717) is 23.8 Å². The molecule has 112 valence electrons. The van der Waals surface area contributed by atoms with E-state index in [1.54, 1.807) is 6.33 Å². The van der Waals surface area contributed by atoms with Crippen LogP contribution in [-0.4, -0.2) is 26.2 Å². The maximum absolute atomic E-state index is 10.1. The lowest BCUT2D eigenvalue weighted by Crippen LogP contribution is -2.23. The largest absolute Gasteiger partial charge is 0.367 e. The van der Waals surface area contributed by atoms with Crippen molar-refractivity contribution in [2.24, 2.45) is 0 Å². The van der Waals surface area contributed by atoms with E-state index in [4.69, 9.17) is 0 Å². The predicted molar refractivity (Wildman–Crippen MR) is 82.3 cm³/mol. The molecule has 1 saturated carbocycles. The van der Waals surface area contributed by atoms with Gasteiger partial charge in [-0.1, -0.05) is 19.3 Å². The fourth-order valence-corrected chi connectivity index (χ4v) is 4.72. The second-order valence-corrected chi connectivity index (χ2v) is 7.11. The van der Waals surface area contributed by atoms with Gasteiger partial charge in [0.1, 0.15) is 17.0 Å². The van der Waals surface area contributed by atoms with Crippen LogP contribution in [-0.2, 0) is 12.2 Å². The highest BCUT2D eigenvalue weighted by Crippen LogP contribution is 2.46. The molecule has 0 unspecified atom stereocenters. The number of fused-ring (bicyclic) bond motifs is 3. The van der Waals surface area contributed by atoms with Gasteiger partial charge in [-0.2, -0.15) is 0 Å². The van der Waals surface area contributed by atoms with Gasteiger partial charge in [-0.15, -0.1) is 11.3 Å². The van der Waals surface area contributed by atoms with Crippen molar-refractivity contribution in [3.8, 4) is 0 Å². The Kier molecular flexibility index (Phi) is 3.13. The number of rotatable bonds is 2. The van der Waals surface area contributed by atoms with Crippen LogP contribution in [0.25, 0.3) is 10.2 Å². The molecule has 2 aromatic rings. The fourth-order valence-electron chi connectivity index (χ4n) is 3.52. The molecule has 1 fully saturated rings. The number of aryl methyl sites for hydroxylation is 1. The summed E-state index contributed by atoms with van der Waals surface area (Å²) in [7, 11) is 0. The summed E-state index contributed by atoms with van der Waals surface area (Å²) in [5, 5.41) is 24.7. The highest BCUT2D eigenvalue weighted by Gasteiger charge is 2.39. The maximum Gasteiger partial charge on any atom is 0.199 e. The van der Waals surface area contributed by atoms with E-state index >= 15 is 0 Å². The minimum absolute atomic E-state index is 0.363. The molecule has 21 heavy (non-hydrogen) atoms. The minimum Gasteiger partial charge on any atom is -0.367 e. The van der Waals surface area contributed by atoms with Gasteiger partial charge in [-0.3, -0.25) is 0 Å². The Bertz CT molecular complexity index is 677.